The van der Waals surface area contributed by atoms with Crippen molar-refractivity contribution >= 4 is 0 Å². The van der Waals surface area contributed by atoms with Gasteiger partial charge in [-0.25, -0.2) is 8.78 Å². The lowest BCUT2D eigenvalue weighted by Crippen LogP contribution is -2.47. The summed E-state index contributed by atoms with van der Waals surface area (Å²) >= 11 is 0. The quantitative estimate of drug-likeness (QED) is 0.829. The normalized spacial score (nSPS) is 15.2. The van der Waals surface area contributed by atoms with E-state index in [1.54, 1.807) is 6.92 Å². The fraction of sp³-hybridized carbons (Fsp3) is 0.500. The lowest BCUT2D eigenvalue weighted by atomic mass is 9.91. The molecule has 1 aromatic rings. The van der Waals surface area contributed by atoms with E-state index >= 15 is 0 Å². The maximum Gasteiger partial charge on any atom is 0.131 e. The SMILES string of the molecule is CC(C)NC(C)(CO)c1ccc(F)cc1F. The zero-order chi connectivity index (χ0) is 12.3. The van der Waals surface area contributed by atoms with Crippen LogP contribution in [-0.4, -0.2) is 17.8 Å². The molecule has 0 aliphatic carbocycles. The molecule has 90 valence electrons. The first-order valence-corrected chi connectivity index (χ1v) is 5.23. The van der Waals surface area contributed by atoms with Crippen molar-refractivity contribution in [1.29, 1.82) is 0 Å². The fourth-order valence-corrected chi connectivity index (χ4v) is 1.78. The molecule has 2 N–H and O–H groups in total. The summed E-state index contributed by atoms with van der Waals surface area (Å²) in [4.78, 5) is 0. The van der Waals surface area contributed by atoms with Gasteiger partial charge in [-0.3, -0.25) is 0 Å². The molecule has 1 aromatic carbocycles. The van der Waals surface area contributed by atoms with Crippen LogP contribution in [0, 0.1) is 11.6 Å². The second-order valence-electron chi connectivity index (χ2n) is 4.41. The van der Waals surface area contributed by atoms with Crippen molar-refractivity contribution < 1.29 is 13.9 Å². The second kappa shape index (κ2) is 4.89. The van der Waals surface area contributed by atoms with Crippen LogP contribution in [0.4, 0.5) is 8.78 Å². The van der Waals surface area contributed by atoms with E-state index in [1.807, 2.05) is 13.8 Å². The van der Waals surface area contributed by atoms with Gasteiger partial charge in [0.2, 0.25) is 0 Å². The third kappa shape index (κ3) is 2.77. The number of rotatable bonds is 4. The molecule has 0 fully saturated rings. The standard InChI is InChI=1S/C12H17F2NO/c1-8(2)15-12(3,7-16)10-5-4-9(13)6-11(10)14/h4-6,8,15-16H,7H2,1-3H3. The second-order valence-corrected chi connectivity index (χ2v) is 4.41. The van der Waals surface area contributed by atoms with Gasteiger partial charge in [-0.05, 0) is 26.8 Å². The van der Waals surface area contributed by atoms with E-state index in [0.29, 0.717) is 0 Å². The van der Waals surface area contributed by atoms with Crippen molar-refractivity contribution in [1.82, 2.24) is 5.32 Å². The number of hydrogen-bond acceptors (Lipinski definition) is 2. The Kier molecular flexibility index (Phi) is 3.99. The van der Waals surface area contributed by atoms with E-state index in [9.17, 15) is 13.9 Å². The van der Waals surface area contributed by atoms with Crippen LogP contribution < -0.4 is 5.32 Å². The Balaban J connectivity index is 3.12. The summed E-state index contributed by atoms with van der Waals surface area (Å²) in [6.07, 6.45) is 0. The molecule has 0 spiro atoms. The number of benzene rings is 1. The van der Waals surface area contributed by atoms with E-state index in [-0.39, 0.29) is 18.2 Å². The van der Waals surface area contributed by atoms with Crippen LogP contribution in [0.1, 0.15) is 26.3 Å². The van der Waals surface area contributed by atoms with Gasteiger partial charge in [0.1, 0.15) is 11.6 Å². The Morgan fingerprint density at radius 1 is 1.38 bits per heavy atom. The summed E-state index contributed by atoms with van der Waals surface area (Å²) in [7, 11) is 0. The van der Waals surface area contributed by atoms with Crippen molar-refractivity contribution in [3.8, 4) is 0 Å². The van der Waals surface area contributed by atoms with Gasteiger partial charge in [0.15, 0.2) is 0 Å². The van der Waals surface area contributed by atoms with E-state index < -0.39 is 17.2 Å². The highest BCUT2D eigenvalue weighted by Crippen LogP contribution is 2.24. The van der Waals surface area contributed by atoms with Gasteiger partial charge in [0, 0.05) is 17.7 Å². The summed E-state index contributed by atoms with van der Waals surface area (Å²) in [5.41, 5.74) is -0.628. The number of nitrogens with one attached hydrogen (secondary N) is 1. The van der Waals surface area contributed by atoms with Crippen LogP contribution in [0.25, 0.3) is 0 Å². The average molecular weight is 229 g/mol. The molecule has 0 aliphatic heterocycles. The zero-order valence-electron chi connectivity index (χ0n) is 9.72. The van der Waals surface area contributed by atoms with E-state index in [2.05, 4.69) is 5.32 Å². The third-order valence-electron chi connectivity index (χ3n) is 2.45. The zero-order valence-corrected chi connectivity index (χ0v) is 9.72. The molecule has 0 radical (unpaired) electrons. The molecule has 2 nitrogen and oxygen atoms in total. The fourth-order valence-electron chi connectivity index (χ4n) is 1.78. The number of aliphatic hydroxyl groups excluding tert-OH is 1. The van der Waals surface area contributed by atoms with Gasteiger partial charge in [0.25, 0.3) is 0 Å². The summed E-state index contributed by atoms with van der Waals surface area (Å²) < 4.78 is 26.4. The predicted octanol–water partition coefficient (Wildman–Crippen LogP) is 2.17. The topological polar surface area (TPSA) is 32.3 Å². The largest absolute Gasteiger partial charge is 0.394 e. The van der Waals surface area contributed by atoms with Gasteiger partial charge in [0.05, 0.1) is 12.1 Å². The summed E-state index contributed by atoms with van der Waals surface area (Å²) in [5, 5.41) is 12.4. The molecule has 16 heavy (non-hydrogen) atoms. The van der Waals surface area contributed by atoms with Crippen molar-refractivity contribution in [2.45, 2.75) is 32.4 Å². The first-order chi connectivity index (χ1) is 7.39. The van der Waals surface area contributed by atoms with Crippen molar-refractivity contribution in [3.63, 3.8) is 0 Å². The summed E-state index contributed by atoms with van der Waals surface area (Å²) in [6.45, 7) is 5.22. The van der Waals surface area contributed by atoms with Crippen LogP contribution in [0.15, 0.2) is 18.2 Å². The molecule has 0 amide bonds. The van der Waals surface area contributed by atoms with Crippen molar-refractivity contribution in [2.75, 3.05) is 6.61 Å². The van der Waals surface area contributed by atoms with Gasteiger partial charge in [-0.1, -0.05) is 6.07 Å². The van der Waals surface area contributed by atoms with E-state index in [4.69, 9.17) is 0 Å². The monoisotopic (exact) mass is 229 g/mol. The molecule has 1 unspecified atom stereocenters. The van der Waals surface area contributed by atoms with Gasteiger partial charge in [-0.15, -0.1) is 0 Å². The Bertz CT molecular complexity index is 368. The molecule has 0 aromatic heterocycles. The Labute approximate surface area is 94.3 Å². The molecule has 4 heteroatoms. The van der Waals surface area contributed by atoms with Crippen molar-refractivity contribution in [3.05, 3.63) is 35.4 Å². The molecule has 0 bridgehead atoms. The Morgan fingerprint density at radius 2 is 2.00 bits per heavy atom. The van der Waals surface area contributed by atoms with Crippen LogP contribution in [0.5, 0.6) is 0 Å². The third-order valence-corrected chi connectivity index (χ3v) is 2.45. The minimum atomic E-state index is -0.897. The molecular weight excluding hydrogens is 212 g/mol. The Morgan fingerprint density at radius 3 is 2.44 bits per heavy atom. The van der Waals surface area contributed by atoms with Gasteiger partial charge in [-0.2, -0.15) is 0 Å². The van der Waals surface area contributed by atoms with Gasteiger partial charge < -0.3 is 10.4 Å². The highest BCUT2D eigenvalue weighted by atomic mass is 19.1. The number of hydrogen-bond donors (Lipinski definition) is 2. The Hall–Kier alpha value is -1.00. The van der Waals surface area contributed by atoms with E-state index in [1.165, 1.54) is 12.1 Å². The highest BCUT2D eigenvalue weighted by molar-refractivity contribution is 5.26. The predicted molar refractivity (Wildman–Crippen MR) is 59.1 cm³/mol. The molecule has 0 saturated heterocycles. The maximum absolute atomic E-state index is 13.6. The summed E-state index contributed by atoms with van der Waals surface area (Å²) in [5.74, 6) is -1.27. The average Bonchev–Trinajstić information content (AvgIpc) is 2.16. The molecule has 0 saturated carbocycles. The molecule has 0 aliphatic rings. The minimum Gasteiger partial charge on any atom is -0.394 e. The minimum absolute atomic E-state index is 0.0848. The molecular formula is C12H17F2NO. The lowest BCUT2D eigenvalue weighted by Gasteiger charge is -2.32. The smallest absolute Gasteiger partial charge is 0.131 e. The van der Waals surface area contributed by atoms with E-state index in [0.717, 1.165) is 6.07 Å². The summed E-state index contributed by atoms with van der Waals surface area (Å²) in [6, 6.07) is 3.46. The molecule has 1 atom stereocenters. The van der Waals surface area contributed by atoms with Gasteiger partial charge >= 0.3 is 0 Å². The first kappa shape index (κ1) is 13.1. The first-order valence-electron chi connectivity index (χ1n) is 5.23. The molecule has 0 heterocycles. The van der Waals surface area contributed by atoms with Crippen LogP contribution in [-0.2, 0) is 5.54 Å². The highest BCUT2D eigenvalue weighted by Gasteiger charge is 2.29. The molecule has 1 rings (SSSR count). The maximum atomic E-state index is 13.6. The van der Waals surface area contributed by atoms with Crippen LogP contribution in [0.3, 0.4) is 0 Å². The van der Waals surface area contributed by atoms with Crippen LogP contribution >= 0.6 is 0 Å². The van der Waals surface area contributed by atoms with Crippen LogP contribution in [0.2, 0.25) is 0 Å². The number of aliphatic hydroxyl groups is 1. The number of halogens is 2. The van der Waals surface area contributed by atoms with Crippen molar-refractivity contribution in [2.24, 2.45) is 0 Å². The lowest BCUT2D eigenvalue weighted by molar-refractivity contribution is 0.162.